The van der Waals surface area contributed by atoms with E-state index in [-0.39, 0.29) is 5.75 Å². The number of benzene rings is 3. The summed E-state index contributed by atoms with van der Waals surface area (Å²) in [6.45, 7) is 5.69. The van der Waals surface area contributed by atoms with E-state index < -0.39 is 12.5 Å². The number of anilines is 2. The molecule has 0 amide bonds. The average molecular weight is 503 g/mol. The van der Waals surface area contributed by atoms with E-state index in [9.17, 15) is 18.3 Å². The van der Waals surface area contributed by atoms with Crippen molar-refractivity contribution in [1.82, 2.24) is 0 Å². The van der Waals surface area contributed by atoms with Gasteiger partial charge in [0.1, 0.15) is 29.6 Å². The quantitative estimate of drug-likeness (QED) is 0.396. The first kappa shape index (κ1) is 25.5. The van der Waals surface area contributed by atoms with E-state index in [2.05, 4.69) is 14.5 Å². The van der Waals surface area contributed by atoms with Crippen molar-refractivity contribution in [3.05, 3.63) is 72.8 Å². The number of aliphatic hydroxyl groups excluding tert-OH is 1. The van der Waals surface area contributed by atoms with Crippen LogP contribution in [0.5, 0.6) is 23.0 Å². The topological polar surface area (TPSA) is 54.4 Å². The van der Waals surface area contributed by atoms with Gasteiger partial charge in [-0.1, -0.05) is 6.92 Å². The van der Waals surface area contributed by atoms with E-state index in [4.69, 9.17) is 9.47 Å². The SMILES string of the molecule is CCC(O)COc1ccc(N2CCN(c3ccc(Oc4ccc(OC(F)(F)F)cc4)cc3)CC2)cc1. The van der Waals surface area contributed by atoms with E-state index in [1.165, 1.54) is 24.3 Å². The summed E-state index contributed by atoms with van der Waals surface area (Å²) < 4.78 is 52.1. The minimum atomic E-state index is -4.72. The van der Waals surface area contributed by atoms with Crippen molar-refractivity contribution < 1.29 is 32.5 Å². The molecule has 1 aliphatic rings. The number of ether oxygens (including phenoxy) is 3. The zero-order valence-electron chi connectivity index (χ0n) is 19.9. The second-order valence-electron chi connectivity index (χ2n) is 8.46. The van der Waals surface area contributed by atoms with Gasteiger partial charge >= 0.3 is 6.36 Å². The summed E-state index contributed by atoms with van der Waals surface area (Å²) >= 11 is 0. The summed E-state index contributed by atoms with van der Waals surface area (Å²) in [5.74, 6) is 1.47. The van der Waals surface area contributed by atoms with Gasteiger partial charge in [0.15, 0.2) is 0 Å². The van der Waals surface area contributed by atoms with Crippen LogP contribution in [0.25, 0.3) is 0 Å². The molecule has 6 nitrogen and oxygen atoms in total. The van der Waals surface area contributed by atoms with Gasteiger partial charge in [-0.15, -0.1) is 13.2 Å². The lowest BCUT2D eigenvalue weighted by Crippen LogP contribution is -2.46. The summed E-state index contributed by atoms with van der Waals surface area (Å²) in [5, 5.41) is 9.64. The minimum absolute atomic E-state index is 0.291. The van der Waals surface area contributed by atoms with Gasteiger partial charge in [0.05, 0.1) is 6.10 Å². The van der Waals surface area contributed by atoms with E-state index in [0.29, 0.717) is 24.5 Å². The van der Waals surface area contributed by atoms with Crippen LogP contribution < -0.4 is 24.0 Å². The van der Waals surface area contributed by atoms with Crippen LogP contribution in [0, 0.1) is 0 Å². The van der Waals surface area contributed by atoms with Gasteiger partial charge in [-0.05, 0) is 79.2 Å². The van der Waals surface area contributed by atoms with Crippen molar-refractivity contribution >= 4 is 11.4 Å². The Morgan fingerprint density at radius 1 is 0.722 bits per heavy atom. The second-order valence-corrected chi connectivity index (χ2v) is 8.46. The highest BCUT2D eigenvalue weighted by atomic mass is 19.4. The molecule has 1 heterocycles. The molecule has 3 aromatic rings. The van der Waals surface area contributed by atoms with Gasteiger partial charge < -0.3 is 29.1 Å². The molecule has 1 unspecified atom stereocenters. The van der Waals surface area contributed by atoms with Crippen LogP contribution in [0.15, 0.2) is 72.8 Å². The summed E-state index contributed by atoms with van der Waals surface area (Å²) in [7, 11) is 0. The molecule has 36 heavy (non-hydrogen) atoms. The van der Waals surface area contributed by atoms with Crippen LogP contribution in [0.1, 0.15) is 13.3 Å². The maximum absolute atomic E-state index is 12.3. The Labute approximate surface area is 208 Å². The lowest BCUT2D eigenvalue weighted by atomic mass is 10.2. The third kappa shape index (κ3) is 7.21. The molecule has 1 N–H and O–H groups in total. The minimum Gasteiger partial charge on any atom is -0.491 e. The van der Waals surface area contributed by atoms with Crippen molar-refractivity contribution in [2.75, 3.05) is 42.6 Å². The molecule has 0 aliphatic carbocycles. The number of alkyl halides is 3. The molecule has 4 rings (SSSR count). The molecule has 0 spiro atoms. The van der Waals surface area contributed by atoms with E-state index in [1.807, 2.05) is 55.5 Å². The first-order chi connectivity index (χ1) is 17.3. The highest BCUT2D eigenvalue weighted by Crippen LogP contribution is 2.29. The molecule has 3 aromatic carbocycles. The maximum atomic E-state index is 12.3. The molecule has 1 saturated heterocycles. The predicted octanol–water partition coefficient (Wildman–Crippen LogP) is 5.85. The van der Waals surface area contributed by atoms with Crippen LogP contribution in [0.4, 0.5) is 24.5 Å². The average Bonchev–Trinajstić information content (AvgIpc) is 2.88. The fourth-order valence-corrected chi connectivity index (χ4v) is 3.86. The maximum Gasteiger partial charge on any atom is 0.573 e. The smallest absolute Gasteiger partial charge is 0.491 e. The molecule has 1 aliphatic heterocycles. The van der Waals surface area contributed by atoms with Crippen molar-refractivity contribution in [1.29, 1.82) is 0 Å². The molecule has 0 radical (unpaired) electrons. The fourth-order valence-electron chi connectivity index (χ4n) is 3.86. The Bertz CT molecular complexity index is 1080. The third-order valence-electron chi connectivity index (χ3n) is 5.89. The Morgan fingerprint density at radius 2 is 1.14 bits per heavy atom. The lowest BCUT2D eigenvalue weighted by molar-refractivity contribution is -0.274. The van der Waals surface area contributed by atoms with Crippen molar-refractivity contribution in [3.8, 4) is 23.0 Å². The van der Waals surface area contributed by atoms with Crippen LogP contribution in [-0.4, -0.2) is 50.4 Å². The van der Waals surface area contributed by atoms with Crippen LogP contribution in [0.2, 0.25) is 0 Å². The zero-order valence-corrected chi connectivity index (χ0v) is 19.9. The largest absolute Gasteiger partial charge is 0.573 e. The standard InChI is InChI=1S/C27H29F3N2O4/c1-2-22(33)19-34-23-7-3-20(4-8-23)31-15-17-32(18-16-31)21-5-9-24(10-6-21)35-25-11-13-26(14-12-25)36-27(28,29)30/h3-14,22,33H,2,15-19H2,1H3. The third-order valence-corrected chi connectivity index (χ3v) is 5.89. The number of rotatable bonds is 9. The van der Waals surface area contributed by atoms with Crippen LogP contribution >= 0.6 is 0 Å². The summed E-state index contributed by atoms with van der Waals surface area (Å²) in [4.78, 5) is 4.62. The van der Waals surface area contributed by atoms with Gasteiger partial charge in [0.2, 0.25) is 0 Å². The molecule has 9 heteroatoms. The molecule has 0 saturated carbocycles. The summed E-state index contributed by atoms with van der Waals surface area (Å²) in [6.07, 6.45) is -4.51. The van der Waals surface area contributed by atoms with Crippen molar-refractivity contribution in [2.45, 2.75) is 25.8 Å². The first-order valence-electron chi connectivity index (χ1n) is 11.8. The molecule has 0 aromatic heterocycles. The van der Waals surface area contributed by atoms with Crippen molar-refractivity contribution in [2.24, 2.45) is 0 Å². The van der Waals surface area contributed by atoms with Gasteiger partial charge in [-0.25, -0.2) is 0 Å². The normalized spacial score (nSPS) is 14.9. The molecule has 1 fully saturated rings. The van der Waals surface area contributed by atoms with Crippen LogP contribution in [-0.2, 0) is 0 Å². The van der Waals surface area contributed by atoms with Gasteiger partial charge in [0.25, 0.3) is 0 Å². The highest BCUT2D eigenvalue weighted by Gasteiger charge is 2.31. The number of nitrogens with zero attached hydrogens (tertiary/aromatic N) is 2. The highest BCUT2D eigenvalue weighted by molar-refractivity contribution is 5.54. The van der Waals surface area contributed by atoms with E-state index in [1.54, 1.807) is 0 Å². The molecular formula is C27H29F3N2O4. The second kappa shape index (κ2) is 11.4. The van der Waals surface area contributed by atoms with Crippen LogP contribution in [0.3, 0.4) is 0 Å². The molecule has 0 bridgehead atoms. The fraction of sp³-hybridized carbons (Fsp3) is 0.333. The Balaban J connectivity index is 1.26. The Morgan fingerprint density at radius 3 is 1.58 bits per heavy atom. The van der Waals surface area contributed by atoms with Gasteiger partial charge in [0, 0.05) is 37.6 Å². The van der Waals surface area contributed by atoms with Gasteiger partial charge in [-0.2, -0.15) is 0 Å². The number of hydrogen-bond donors (Lipinski definition) is 1. The first-order valence-corrected chi connectivity index (χ1v) is 11.8. The lowest BCUT2D eigenvalue weighted by Gasteiger charge is -2.37. The number of aliphatic hydroxyl groups is 1. The summed E-state index contributed by atoms with van der Waals surface area (Å²) in [5.41, 5.74) is 2.21. The number of piperazine rings is 1. The summed E-state index contributed by atoms with van der Waals surface area (Å²) in [6, 6.07) is 20.9. The Kier molecular flexibility index (Phi) is 8.10. The number of hydrogen-bond acceptors (Lipinski definition) is 6. The van der Waals surface area contributed by atoms with Gasteiger partial charge in [-0.3, -0.25) is 0 Å². The Hall–Kier alpha value is -3.59. The predicted molar refractivity (Wildman–Crippen MR) is 132 cm³/mol. The molecular weight excluding hydrogens is 473 g/mol. The molecule has 192 valence electrons. The monoisotopic (exact) mass is 502 g/mol. The van der Waals surface area contributed by atoms with E-state index in [0.717, 1.165) is 43.3 Å². The zero-order chi connectivity index (χ0) is 25.5. The van der Waals surface area contributed by atoms with E-state index >= 15 is 0 Å². The number of halogens is 3. The van der Waals surface area contributed by atoms with Crippen molar-refractivity contribution in [3.63, 3.8) is 0 Å². The molecule has 1 atom stereocenters.